The minimum atomic E-state index is -0.267. The number of urea groups is 1. The number of nitrogens with one attached hydrogen (secondary N) is 2. The van der Waals surface area contributed by atoms with Crippen LogP contribution in [0.5, 0.6) is 5.75 Å². The summed E-state index contributed by atoms with van der Waals surface area (Å²) in [4.78, 5) is 11.6. The highest BCUT2D eigenvalue weighted by Gasteiger charge is 2.02. The zero-order chi connectivity index (χ0) is 14.2. The molecule has 2 rings (SSSR count). The first-order valence-electron chi connectivity index (χ1n) is 6.18. The van der Waals surface area contributed by atoms with Crippen LogP contribution in [0.2, 0.25) is 0 Å². The largest absolute Gasteiger partial charge is 0.473 e. The van der Waals surface area contributed by atoms with Crippen molar-refractivity contribution >= 4 is 22.0 Å². The fourth-order valence-corrected chi connectivity index (χ4v) is 2.01. The Morgan fingerprint density at radius 2 is 1.70 bits per heavy atom. The fraction of sp³-hybridized carbons (Fsp3) is 0.133. The minimum Gasteiger partial charge on any atom is -0.473 e. The topological polar surface area (TPSA) is 50.4 Å². The van der Waals surface area contributed by atoms with Gasteiger partial charge in [0, 0.05) is 11.0 Å². The molecule has 0 fully saturated rings. The van der Waals surface area contributed by atoms with Crippen molar-refractivity contribution in [2.24, 2.45) is 0 Å². The Hall–Kier alpha value is -2.01. The Labute approximate surface area is 126 Å². The van der Waals surface area contributed by atoms with Crippen molar-refractivity contribution in [1.82, 2.24) is 10.6 Å². The number of carbonyl (C=O) groups excluding carboxylic acids is 1. The van der Waals surface area contributed by atoms with E-state index in [2.05, 4.69) is 26.6 Å². The summed E-state index contributed by atoms with van der Waals surface area (Å²) < 4.78 is 6.34. The van der Waals surface area contributed by atoms with E-state index < -0.39 is 0 Å². The van der Waals surface area contributed by atoms with Gasteiger partial charge in [-0.05, 0) is 23.8 Å². The molecule has 0 aliphatic rings. The molecule has 2 N–H and O–H groups in total. The van der Waals surface area contributed by atoms with Crippen LogP contribution in [-0.2, 0) is 6.54 Å². The lowest BCUT2D eigenvalue weighted by molar-refractivity contribution is 0.223. The molecular formula is C15H15BrN2O2. The molecule has 0 heterocycles. The summed E-state index contributed by atoms with van der Waals surface area (Å²) in [5.41, 5.74) is 1.02. The predicted molar refractivity (Wildman–Crippen MR) is 81.5 cm³/mol. The third kappa shape index (κ3) is 4.59. The minimum absolute atomic E-state index is 0.131. The van der Waals surface area contributed by atoms with E-state index in [1.54, 1.807) is 0 Å². The summed E-state index contributed by atoms with van der Waals surface area (Å²) in [7, 11) is 0. The molecule has 2 amide bonds. The Kier molecular flexibility index (Phi) is 5.43. The van der Waals surface area contributed by atoms with Gasteiger partial charge in [0.25, 0.3) is 0 Å². The summed E-state index contributed by atoms with van der Waals surface area (Å²) >= 11 is 3.43. The molecule has 2 aromatic carbocycles. The Morgan fingerprint density at radius 1 is 1.00 bits per heavy atom. The molecule has 2 aromatic rings. The average Bonchev–Trinajstić information content (AvgIpc) is 2.47. The van der Waals surface area contributed by atoms with Crippen LogP contribution in [0.1, 0.15) is 5.56 Å². The highest BCUT2D eigenvalue weighted by Crippen LogP contribution is 2.15. The third-order valence-corrected chi connectivity index (χ3v) is 3.39. The lowest BCUT2D eigenvalue weighted by Gasteiger charge is -2.10. The first-order chi connectivity index (χ1) is 9.75. The SMILES string of the molecule is O=C(NCOc1ccccc1)NCc1ccccc1Br. The molecular weight excluding hydrogens is 320 g/mol. The van der Waals surface area contributed by atoms with Crippen LogP contribution in [0.25, 0.3) is 0 Å². The highest BCUT2D eigenvalue weighted by atomic mass is 79.9. The van der Waals surface area contributed by atoms with Crippen LogP contribution >= 0.6 is 15.9 Å². The van der Waals surface area contributed by atoms with Crippen molar-refractivity contribution in [1.29, 1.82) is 0 Å². The van der Waals surface area contributed by atoms with E-state index in [4.69, 9.17) is 4.74 Å². The number of carbonyl (C=O) groups is 1. The fourth-order valence-electron chi connectivity index (χ4n) is 1.58. The van der Waals surface area contributed by atoms with Crippen molar-refractivity contribution in [2.45, 2.75) is 6.54 Å². The van der Waals surface area contributed by atoms with Crippen molar-refractivity contribution in [3.05, 3.63) is 64.6 Å². The van der Waals surface area contributed by atoms with Gasteiger partial charge in [0.1, 0.15) is 5.75 Å². The van der Waals surface area contributed by atoms with E-state index >= 15 is 0 Å². The van der Waals surface area contributed by atoms with E-state index in [1.807, 2.05) is 54.6 Å². The predicted octanol–water partition coefficient (Wildman–Crippen LogP) is 3.28. The molecule has 5 heteroatoms. The van der Waals surface area contributed by atoms with E-state index in [1.165, 1.54) is 0 Å². The van der Waals surface area contributed by atoms with Crippen LogP contribution in [0.4, 0.5) is 4.79 Å². The second kappa shape index (κ2) is 7.55. The lowest BCUT2D eigenvalue weighted by atomic mass is 10.2. The van der Waals surface area contributed by atoms with Crippen molar-refractivity contribution in [3.63, 3.8) is 0 Å². The number of rotatable bonds is 5. The van der Waals surface area contributed by atoms with Gasteiger partial charge in [0.05, 0.1) is 0 Å². The average molecular weight is 335 g/mol. The second-order valence-electron chi connectivity index (χ2n) is 4.05. The van der Waals surface area contributed by atoms with Gasteiger partial charge in [0.15, 0.2) is 6.73 Å². The molecule has 0 aliphatic heterocycles. The van der Waals surface area contributed by atoms with Gasteiger partial charge < -0.3 is 15.4 Å². The van der Waals surface area contributed by atoms with Gasteiger partial charge >= 0.3 is 6.03 Å². The number of hydrogen-bond donors (Lipinski definition) is 2. The molecule has 4 nitrogen and oxygen atoms in total. The Morgan fingerprint density at radius 3 is 2.45 bits per heavy atom. The molecule has 0 aliphatic carbocycles. The first kappa shape index (κ1) is 14.4. The van der Waals surface area contributed by atoms with E-state index in [9.17, 15) is 4.79 Å². The number of halogens is 1. The number of para-hydroxylation sites is 1. The molecule has 104 valence electrons. The van der Waals surface area contributed by atoms with Crippen LogP contribution in [0.15, 0.2) is 59.1 Å². The highest BCUT2D eigenvalue weighted by molar-refractivity contribution is 9.10. The number of hydrogen-bond acceptors (Lipinski definition) is 2. The van der Waals surface area contributed by atoms with Crippen molar-refractivity contribution < 1.29 is 9.53 Å². The third-order valence-electron chi connectivity index (χ3n) is 2.61. The molecule has 0 saturated carbocycles. The van der Waals surface area contributed by atoms with Crippen LogP contribution in [-0.4, -0.2) is 12.8 Å². The lowest BCUT2D eigenvalue weighted by Crippen LogP contribution is -2.37. The van der Waals surface area contributed by atoms with Gasteiger partial charge in [-0.1, -0.05) is 52.3 Å². The van der Waals surface area contributed by atoms with Crippen molar-refractivity contribution in [2.75, 3.05) is 6.73 Å². The zero-order valence-electron chi connectivity index (χ0n) is 10.8. The second-order valence-corrected chi connectivity index (χ2v) is 4.91. The van der Waals surface area contributed by atoms with Crippen LogP contribution in [0, 0.1) is 0 Å². The summed E-state index contributed by atoms with van der Waals surface area (Å²) in [5, 5.41) is 5.40. The molecule has 0 aromatic heterocycles. The Balaban J connectivity index is 1.70. The maximum Gasteiger partial charge on any atom is 0.317 e. The molecule has 0 unspecified atom stereocenters. The zero-order valence-corrected chi connectivity index (χ0v) is 12.4. The maximum absolute atomic E-state index is 11.6. The summed E-state index contributed by atoms with van der Waals surface area (Å²) in [6.07, 6.45) is 0. The van der Waals surface area contributed by atoms with Gasteiger partial charge in [0.2, 0.25) is 0 Å². The van der Waals surface area contributed by atoms with E-state index in [0.717, 1.165) is 15.8 Å². The molecule has 0 radical (unpaired) electrons. The quantitative estimate of drug-likeness (QED) is 0.824. The molecule has 0 atom stereocenters. The van der Waals surface area contributed by atoms with Gasteiger partial charge in [-0.3, -0.25) is 0 Å². The van der Waals surface area contributed by atoms with Gasteiger partial charge in [-0.25, -0.2) is 4.79 Å². The number of benzene rings is 2. The van der Waals surface area contributed by atoms with Gasteiger partial charge in [-0.2, -0.15) is 0 Å². The number of amides is 2. The van der Waals surface area contributed by atoms with Gasteiger partial charge in [-0.15, -0.1) is 0 Å². The standard InChI is InChI=1S/C15H15BrN2O2/c16-14-9-5-4-6-12(14)10-17-15(19)18-11-20-13-7-2-1-3-8-13/h1-9H,10-11H2,(H2,17,18,19). The monoisotopic (exact) mass is 334 g/mol. The normalized spacial score (nSPS) is 9.85. The van der Waals surface area contributed by atoms with Crippen LogP contribution in [0.3, 0.4) is 0 Å². The van der Waals surface area contributed by atoms with E-state index in [0.29, 0.717) is 6.54 Å². The van der Waals surface area contributed by atoms with Crippen molar-refractivity contribution in [3.8, 4) is 5.75 Å². The van der Waals surface area contributed by atoms with Crippen LogP contribution < -0.4 is 15.4 Å². The van der Waals surface area contributed by atoms with E-state index in [-0.39, 0.29) is 12.8 Å². The molecule has 0 bridgehead atoms. The smallest absolute Gasteiger partial charge is 0.317 e. The maximum atomic E-state index is 11.6. The first-order valence-corrected chi connectivity index (χ1v) is 6.98. The number of ether oxygens (including phenoxy) is 1. The molecule has 0 saturated heterocycles. The molecule has 0 spiro atoms. The summed E-state index contributed by atoms with van der Waals surface area (Å²) in [6, 6.07) is 16.8. The molecule has 20 heavy (non-hydrogen) atoms. The summed E-state index contributed by atoms with van der Waals surface area (Å²) in [5.74, 6) is 0.721. The Bertz CT molecular complexity index is 561. The summed E-state index contributed by atoms with van der Waals surface area (Å²) in [6.45, 7) is 0.588.